The normalized spacial score (nSPS) is 15.2. The molecule has 0 aliphatic rings. The molecule has 0 aliphatic heterocycles. The second kappa shape index (κ2) is 6.52. The third-order valence-corrected chi connectivity index (χ3v) is 5.30. The molecule has 11 heteroatoms. The van der Waals surface area contributed by atoms with Crippen LogP contribution >= 0.6 is 0 Å². The summed E-state index contributed by atoms with van der Waals surface area (Å²) in [6.45, 7) is 2.18. The van der Waals surface area contributed by atoms with Gasteiger partial charge in [-0.3, -0.25) is 0 Å². The molecule has 0 bridgehead atoms. The van der Waals surface area contributed by atoms with Gasteiger partial charge in [0.05, 0.1) is 25.4 Å². The van der Waals surface area contributed by atoms with E-state index in [2.05, 4.69) is 0 Å². The van der Waals surface area contributed by atoms with Gasteiger partial charge in [0.15, 0.2) is 0 Å². The minimum atomic E-state index is -6.04. The Hall–Kier alpha value is -0.550. The number of rotatable bonds is 9. The molecule has 0 saturated heterocycles. The van der Waals surface area contributed by atoms with E-state index in [0.29, 0.717) is 0 Å². The molecule has 4 nitrogen and oxygen atoms in total. The Kier molecular flexibility index (Phi) is 6.36. The molecule has 0 aromatic rings. The molecule has 22 heavy (non-hydrogen) atoms. The van der Waals surface area contributed by atoms with Gasteiger partial charge in [0, 0.05) is 13.3 Å². The van der Waals surface area contributed by atoms with Crippen molar-refractivity contribution < 1.29 is 39.4 Å². The number of alkyl halides is 6. The van der Waals surface area contributed by atoms with E-state index in [4.69, 9.17) is 0 Å². The molecule has 0 fully saturated rings. The van der Waals surface area contributed by atoms with E-state index < -0.39 is 57.2 Å². The fourth-order valence-corrected chi connectivity index (χ4v) is 3.00. The van der Waals surface area contributed by atoms with Gasteiger partial charge in [0.25, 0.3) is 0 Å². The average Bonchev–Trinajstić information content (AvgIpc) is 2.36. The molecule has 0 N–H and O–H groups in total. The van der Waals surface area contributed by atoms with Crippen LogP contribution in [0.5, 0.6) is 0 Å². The number of quaternary nitrogens is 1. The molecular weight excluding hydrogens is 340 g/mol. The zero-order chi connectivity index (χ0) is 18.0. The third-order valence-electron chi connectivity index (χ3n) is 3.44. The van der Waals surface area contributed by atoms with Crippen molar-refractivity contribution in [3.63, 3.8) is 0 Å². The maximum Gasteiger partial charge on any atom is 0.413 e. The van der Waals surface area contributed by atoms with Crippen LogP contribution in [0.4, 0.5) is 26.3 Å². The van der Waals surface area contributed by atoms with Crippen LogP contribution in [0.2, 0.25) is 0 Å². The molecule has 0 unspecified atom stereocenters. The first kappa shape index (κ1) is 21.4. The Morgan fingerprint density at radius 2 is 1.41 bits per heavy atom. The molecule has 134 valence electrons. The lowest BCUT2D eigenvalue weighted by molar-refractivity contribution is -0.877. The van der Waals surface area contributed by atoms with Crippen LogP contribution in [0.1, 0.15) is 27.2 Å². The van der Waals surface area contributed by atoms with E-state index in [9.17, 15) is 40.0 Å². The van der Waals surface area contributed by atoms with E-state index in [1.165, 1.54) is 13.8 Å². The van der Waals surface area contributed by atoms with Gasteiger partial charge < -0.3 is 9.85 Å². The molecule has 0 radical (unpaired) electrons. The van der Waals surface area contributed by atoms with Gasteiger partial charge in [-0.25, -0.2) is 8.42 Å². The molecule has 0 spiro atoms. The van der Waals surface area contributed by atoms with Gasteiger partial charge in [-0.05, 0) is 13.8 Å². The van der Waals surface area contributed by atoms with Gasteiger partial charge in [0.2, 0.25) is 9.84 Å². The van der Waals surface area contributed by atoms with Gasteiger partial charge in [0.1, 0.15) is 0 Å². The van der Waals surface area contributed by atoms with E-state index in [1.807, 2.05) is 0 Å². The SMILES string of the molecule is CC[N+]([O-])(CC)CCCS(=O)(=O)C(F)(F)C(F)(F)C(C)(F)F. The number of sulfone groups is 1. The predicted molar refractivity (Wildman–Crippen MR) is 68.5 cm³/mol. The molecule has 0 aromatic heterocycles. The van der Waals surface area contributed by atoms with Crippen LogP contribution < -0.4 is 0 Å². The van der Waals surface area contributed by atoms with Crippen LogP contribution in [0.3, 0.4) is 0 Å². The first-order chi connectivity index (χ1) is 9.58. The molecule has 0 atom stereocenters. The lowest BCUT2D eigenvalue weighted by Gasteiger charge is -2.41. The van der Waals surface area contributed by atoms with Gasteiger partial charge in [-0.15, -0.1) is 0 Å². The van der Waals surface area contributed by atoms with Gasteiger partial charge >= 0.3 is 17.1 Å². The number of hydrogen-bond acceptors (Lipinski definition) is 3. The minimum Gasteiger partial charge on any atom is -0.633 e. The van der Waals surface area contributed by atoms with Crippen molar-refractivity contribution in [2.75, 3.05) is 25.4 Å². The lowest BCUT2D eigenvalue weighted by Crippen LogP contribution is -2.57. The molecule has 0 aromatic carbocycles. The first-order valence-corrected chi connectivity index (χ1v) is 8.16. The van der Waals surface area contributed by atoms with Crippen LogP contribution in [0, 0.1) is 5.21 Å². The molecule has 0 saturated carbocycles. The van der Waals surface area contributed by atoms with Crippen molar-refractivity contribution in [3.8, 4) is 0 Å². The number of nitrogens with zero attached hydrogens (tertiary/aromatic N) is 1. The summed E-state index contributed by atoms with van der Waals surface area (Å²) in [5.41, 5.74) is 0. The molecular formula is C11H19F6NO3S. The van der Waals surface area contributed by atoms with Crippen molar-refractivity contribution in [3.05, 3.63) is 5.21 Å². The Bertz CT molecular complexity index is 471. The smallest absolute Gasteiger partial charge is 0.413 e. The zero-order valence-corrected chi connectivity index (χ0v) is 13.2. The summed E-state index contributed by atoms with van der Waals surface area (Å²) >= 11 is 0. The number of hydrogen-bond donors (Lipinski definition) is 0. The summed E-state index contributed by atoms with van der Waals surface area (Å²) in [7, 11) is -5.85. The summed E-state index contributed by atoms with van der Waals surface area (Å²) in [6, 6.07) is 0. The number of hydroxylamine groups is 3. The Morgan fingerprint density at radius 1 is 1.00 bits per heavy atom. The Morgan fingerprint density at radius 3 is 1.73 bits per heavy atom. The third kappa shape index (κ3) is 4.05. The van der Waals surface area contributed by atoms with Gasteiger partial charge in [-0.2, -0.15) is 26.3 Å². The Balaban J connectivity index is 5.17. The van der Waals surface area contributed by atoms with Gasteiger partial charge in [-0.1, -0.05) is 0 Å². The summed E-state index contributed by atoms with van der Waals surface area (Å²) in [5, 5.41) is 5.90. The second-order valence-electron chi connectivity index (χ2n) is 5.07. The minimum absolute atomic E-state index is 0.0378. The highest BCUT2D eigenvalue weighted by Crippen LogP contribution is 2.48. The quantitative estimate of drug-likeness (QED) is 0.361. The van der Waals surface area contributed by atoms with E-state index in [1.54, 1.807) is 0 Å². The monoisotopic (exact) mass is 359 g/mol. The maximum atomic E-state index is 13.4. The highest BCUT2D eigenvalue weighted by molar-refractivity contribution is 7.92. The highest BCUT2D eigenvalue weighted by atomic mass is 32.2. The second-order valence-corrected chi connectivity index (χ2v) is 7.22. The lowest BCUT2D eigenvalue weighted by atomic mass is 10.2. The van der Waals surface area contributed by atoms with Crippen LogP contribution in [-0.2, 0) is 9.84 Å². The largest absolute Gasteiger partial charge is 0.633 e. The summed E-state index contributed by atoms with van der Waals surface area (Å²) < 4.78 is 99.8. The Labute approximate surface area is 125 Å². The fourth-order valence-electron chi connectivity index (χ4n) is 1.66. The zero-order valence-electron chi connectivity index (χ0n) is 12.4. The van der Waals surface area contributed by atoms with Crippen LogP contribution in [0.25, 0.3) is 0 Å². The average molecular weight is 359 g/mol. The van der Waals surface area contributed by atoms with Crippen LogP contribution in [0.15, 0.2) is 0 Å². The highest BCUT2D eigenvalue weighted by Gasteiger charge is 2.74. The molecule has 0 heterocycles. The van der Waals surface area contributed by atoms with E-state index in [-0.39, 0.29) is 13.1 Å². The summed E-state index contributed by atoms with van der Waals surface area (Å²) in [6.07, 6.45) is -0.630. The maximum absolute atomic E-state index is 13.4. The van der Waals surface area contributed by atoms with Crippen LogP contribution in [-0.4, -0.2) is 55.6 Å². The molecule has 0 aliphatic carbocycles. The van der Waals surface area contributed by atoms with Crippen molar-refractivity contribution >= 4 is 9.84 Å². The topological polar surface area (TPSA) is 57.2 Å². The van der Waals surface area contributed by atoms with E-state index in [0.717, 1.165) is 0 Å². The summed E-state index contributed by atoms with van der Waals surface area (Å²) in [4.78, 5) is 0. The van der Waals surface area contributed by atoms with Crippen molar-refractivity contribution in [2.45, 2.75) is 44.3 Å². The molecule has 0 rings (SSSR count). The summed E-state index contributed by atoms with van der Waals surface area (Å²) in [5.74, 6) is -12.7. The van der Waals surface area contributed by atoms with Crippen molar-refractivity contribution in [2.24, 2.45) is 0 Å². The number of halogens is 6. The fraction of sp³-hybridized carbons (Fsp3) is 1.00. The first-order valence-electron chi connectivity index (χ1n) is 6.51. The predicted octanol–water partition coefficient (Wildman–Crippen LogP) is 3.03. The standard InChI is InChI=1S/C11H19F6NO3S/c1-4-18(19,5-2)7-6-8-22(20,21)11(16,17)10(14,15)9(3,12)13/h4-8H2,1-3H3. The molecule has 0 amide bonds. The van der Waals surface area contributed by atoms with Crippen molar-refractivity contribution in [1.29, 1.82) is 0 Å². The van der Waals surface area contributed by atoms with Crippen molar-refractivity contribution in [1.82, 2.24) is 0 Å². The van der Waals surface area contributed by atoms with E-state index >= 15 is 0 Å².